The zero-order chi connectivity index (χ0) is 14.5. The lowest BCUT2D eigenvalue weighted by Gasteiger charge is -2.13. The van der Waals surface area contributed by atoms with Crippen LogP contribution in [0.4, 0.5) is 10.5 Å². The SMILES string of the molecule is C[C@@H](CO)NC(=O)Nc1cccnc1-c1ccc(Cl)s1. The van der Waals surface area contributed by atoms with Gasteiger partial charge in [0.2, 0.25) is 0 Å². The molecule has 0 aliphatic heterocycles. The molecule has 5 nitrogen and oxygen atoms in total. The van der Waals surface area contributed by atoms with E-state index < -0.39 is 0 Å². The van der Waals surface area contributed by atoms with Crippen LogP contribution in [0.5, 0.6) is 0 Å². The number of amides is 2. The predicted octanol–water partition coefficient (Wildman–Crippen LogP) is 2.97. The van der Waals surface area contributed by atoms with Crippen molar-refractivity contribution in [1.29, 1.82) is 0 Å². The van der Waals surface area contributed by atoms with E-state index in [1.165, 1.54) is 11.3 Å². The average Bonchev–Trinajstić information content (AvgIpc) is 2.85. The Morgan fingerprint density at radius 1 is 1.50 bits per heavy atom. The van der Waals surface area contributed by atoms with E-state index in [0.29, 0.717) is 15.7 Å². The molecule has 1 atom stereocenters. The lowest BCUT2D eigenvalue weighted by atomic mass is 10.2. The van der Waals surface area contributed by atoms with Gasteiger partial charge in [-0.1, -0.05) is 11.6 Å². The van der Waals surface area contributed by atoms with Gasteiger partial charge >= 0.3 is 6.03 Å². The zero-order valence-corrected chi connectivity index (χ0v) is 12.3. The van der Waals surface area contributed by atoms with Crippen LogP contribution in [0.25, 0.3) is 10.6 Å². The molecule has 2 heterocycles. The van der Waals surface area contributed by atoms with E-state index in [1.807, 2.05) is 6.07 Å². The topological polar surface area (TPSA) is 74.2 Å². The molecule has 0 aliphatic carbocycles. The van der Waals surface area contributed by atoms with Gasteiger partial charge in [0.1, 0.15) is 5.69 Å². The van der Waals surface area contributed by atoms with Crippen molar-refractivity contribution in [3.05, 3.63) is 34.8 Å². The standard InChI is InChI=1S/C13H14ClN3O2S/c1-8(7-18)16-13(19)17-9-3-2-6-15-12(9)10-4-5-11(14)20-10/h2-6,8,18H,7H2,1H3,(H2,16,17,19)/t8-/m0/s1. The Balaban J connectivity index is 2.18. The Morgan fingerprint density at radius 2 is 2.30 bits per heavy atom. The van der Waals surface area contributed by atoms with Crippen molar-refractivity contribution in [3.8, 4) is 10.6 Å². The summed E-state index contributed by atoms with van der Waals surface area (Å²) in [6.07, 6.45) is 1.66. The number of hydrogen-bond donors (Lipinski definition) is 3. The molecule has 2 aromatic rings. The van der Waals surface area contributed by atoms with Gasteiger partial charge in [0.05, 0.1) is 27.5 Å². The van der Waals surface area contributed by atoms with Gasteiger partial charge < -0.3 is 15.7 Å². The first-order chi connectivity index (χ1) is 9.60. The molecule has 20 heavy (non-hydrogen) atoms. The van der Waals surface area contributed by atoms with Crippen molar-refractivity contribution in [2.24, 2.45) is 0 Å². The number of carbonyl (C=O) groups excluding carboxylic acids is 1. The summed E-state index contributed by atoms with van der Waals surface area (Å²) in [5.74, 6) is 0. The lowest BCUT2D eigenvalue weighted by Crippen LogP contribution is -2.38. The summed E-state index contributed by atoms with van der Waals surface area (Å²) in [4.78, 5) is 16.9. The number of urea groups is 1. The first-order valence-corrected chi connectivity index (χ1v) is 7.18. The van der Waals surface area contributed by atoms with E-state index >= 15 is 0 Å². The highest BCUT2D eigenvalue weighted by molar-refractivity contribution is 7.19. The number of rotatable bonds is 4. The van der Waals surface area contributed by atoms with Crippen molar-refractivity contribution in [2.75, 3.05) is 11.9 Å². The minimum Gasteiger partial charge on any atom is -0.394 e. The molecule has 0 bridgehead atoms. The van der Waals surface area contributed by atoms with Crippen LogP contribution >= 0.6 is 22.9 Å². The third kappa shape index (κ3) is 3.69. The fraction of sp³-hybridized carbons (Fsp3) is 0.231. The maximum Gasteiger partial charge on any atom is 0.319 e. The normalized spacial score (nSPS) is 11.9. The minimum atomic E-state index is -0.386. The lowest BCUT2D eigenvalue weighted by molar-refractivity contribution is 0.229. The highest BCUT2D eigenvalue weighted by Gasteiger charge is 2.12. The van der Waals surface area contributed by atoms with Gasteiger partial charge in [0, 0.05) is 6.20 Å². The molecule has 7 heteroatoms. The van der Waals surface area contributed by atoms with Crippen molar-refractivity contribution in [3.63, 3.8) is 0 Å². The van der Waals surface area contributed by atoms with E-state index in [0.717, 1.165) is 4.88 Å². The van der Waals surface area contributed by atoms with Crippen LogP contribution in [0.2, 0.25) is 4.34 Å². The van der Waals surface area contributed by atoms with Gasteiger partial charge in [-0.2, -0.15) is 0 Å². The molecule has 0 unspecified atom stereocenters. The van der Waals surface area contributed by atoms with Crippen LogP contribution in [0.3, 0.4) is 0 Å². The third-order valence-electron chi connectivity index (χ3n) is 2.51. The Morgan fingerprint density at radius 3 is 2.95 bits per heavy atom. The number of aromatic nitrogens is 1. The molecule has 0 aliphatic rings. The van der Waals surface area contributed by atoms with E-state index in [9.17, 15) is 4.79 Å². The molecule has 2 rings (SSSR count). The molecule has 3 N–H and O–H groups in total. The minimum absolute atomic E-state index is 0.117. The van der Waals surface area contributed by atoms with E-state index in [-0.39, 0.29) is 18.7 Å². The van der Waals surface area contributed by atoms with Gasteiger partial charge in [-0.3, -0.25) is 4.98 Å². The number of hydrogen-bond acceptors (Lipinski definition) is 4. The summed E-state index contributed by atoms with van der Waals surface area (Å²) in [7, 11) is 0. The third-order valence-corrected chi connectivity index (χ3v) is 3.75. The molecule has 0 radical (unpaired) electrons. The van der Waals surface area contributed by atoms with Crippen LogP contribution in [0.15, 0.2) is 30.5 Å². The molecule has 0 aromatic carbocycles. The summed E-state index contributed by atoms with van der Waals surface area (Å²) in [6, 6.07) is 6.45. The van der Waals surface area contributed by atoms with Gasteiger partial charge in [-0.15, -0.1) is 11.3 Å². The van der Waals surface area contributed by atoms with Gasteiger partial charge in [-0.05, 0) is 31.2 Å². The number of halogens is 1. The summed E-state index contributed by atoms with van der Waals surface area (Å²) in [6.45, 7) is 1.59. The Bertz CT molecular complexity index is 603. The highest BCUT2D eigenvalue weighted by atomic mass is 35.5. The molecule has 2 amide bonds. The number of nitrogens with one attached hydrogen (secondary N) is 2. The second-order valence-corrected chi connectivity index (χ2v) is 5.90. The quantitative estimate of drug-likeness (QED) is 0.812. The van der Waals surface area contributed by atoms with Crippen LogP contribution in [-0.2, 0) is 0 Å². The maximum atomic E-state index is 11.8. The van der Waals surface area contributed by atoms with Gasteiger partial charge in [0.15, 0.2) is 0 Å². The van der Waals surface area contributed by atoms with Gasteiger partial charge in [-0.25, -0.2) is 4.79 Å². The molecular weight excluding hydrogens is 298 g/mol. The number of thiophene rings is 1. The Labute approximate surface area is 125 Å². The van der Waals surface area contributed by atoms with Gasteiger partial charge in [0.25, 0.3) is 0 Å². The summed E-state index contributed by atoms with van der Waals surface area (Å²) < 4.78 is 0.662. The number of aliphatic hydroxyl groups excluding tert-OH is 1. The van der Waals surface area contributed by atoms with Crippen molar-refractivity contribution in [1.82, 2.24) is 10.3 Å². The number of nitrogens with zero attached hydrogens (tertiary/aromatic N) is 1. The zero-order valence-electron chi connectivity index (χ0n) is 10.8. The molecule has 0 spiro atoms. The van der Waals surface area contributed by atoms with Crippen molar-refractivity contribution < 1.29 is 9.90 Å². The highest BCUT2D eigenvalue weighted by Crippen LogP contribution is 2.33. The Hall–Kier alpha value is -1.63. The van der Waals surface area contributed by atoms with Crippen LogP contribution in [0, 0.1) is 0 Å². The summed E-state index contributed by atoms with van der Waals surface area (Å²) in [5, 5.41) is 14.3. The molecule has 2 aromatic heterocycles. The number of pyridine rings is 1. The van der Waals surface area contributed by atoms with E-state index in [4.69, 9.17) is 16.7 Å². The first kappa shape index (κ1) is 14.8. The smallest absolute Gasteiger partial charge is 0.319 e. The monoisotopic (exact) mass is 311 g/mol. The number of aliphatic hydroxyl groups is 1. The van der Waals surface area contributed by atoms with E-state index in [2.05, 4.69) is 15.6 Å². The molecule has 0 saturated heterocycles. The second kappa shape index (κ2) is 6.69. The summed E-state index contributed by atoms with van der Waals surface area (Å²) >= 11 is 7.31. The average molecular weight is 312 g/mol. The second-order valence-electron chi connectivity index (χ2n) is 4.19. The van der Waals surface area contributed by atoms with Crippen LogP contribution < -0.4 is 10.6 Å². The maximum absolute atomic E-state index is 11.8. The first-order valence-electron chi connectivity index (χ1n) is 5.99. The molecule has 0 saturated carbocycles. The largest absolute Gasteiger partial charge is 0.394 e. The summed E-state index contributed by atoms with van der Waals surface area (Å²) in [5.41, 5.74) is 1.25. The van der Waals surface area contributed by atoms with Crippen molar-refractivity contribution >= 4 is 34.7 Å². The molecule has 0 fully saturated rings. The van der Waals surface area contributed by atoms with Crippen molar-refractivity contribution in [2.45, 2.75) is 13.0 Å². The van der Waals surface area contributed by atoms with E-state index in [1.54, 1.807) is 31.3 Å². The predicted molar refractivity (Wildman–Crippen MR) is 81.3 cm³/mol. The fourth-order valence-corrected chi connectivity index (χ4v) is 2.63. The van der Waals surface area contributed by atoms with Crippen LogP contribution in [-0.4, -0.2) is 28.8 Å². The molecular formula is C13H14ClN3O2S. The van der Waals surface area contributed by atoms with Crippen LogP contribution in [0.1, 0.15) is 6.92 Å². The number of anilines is 1. The number of carbonyl (C=O) groups is 1. The Kier molecular flexibility index (Phi) is 4.94. The molecule has 106 valence electrons. The fourth-order valence-electron chi connectivity index (χ4n) is 1.57.